The number of hydrogen-bond donors (Lipinski definition) is 0. The molecule has 2 heterocycles. The first-order valence-corrected chi connectivity index (χ1v) is 5.07. The van der Waals surface area contributed by atoms with Gasteiger partial charge in [-0.2, -0.15) is 4.98 Å². The van der Waals surface area contributed by atoms with Gasteiger partial charge in [0.1, 0.15) is 4.60 Å². The van der Waals surface area contributed by atoms with Crippen LogP contribution in [0.25, 0.3) is 0 Å². The second kappa shape index (κ2) is 4.39. The van der Waals surface area contributed by atoms with E-state index in [1.807, 2.05) is 6.07 Å². The van der Waals surface area contributed by atoms with Crippen molar-refractivity contribution >= 4 is 15.9 Å². The molecule has 0 fully saturated rings. The molecule has 0 N–H and O–H groups in total. The zero-order valence-corrected chi connectivity index (χ0v) is 9.56. The average molecular weight is 270 g/mol. The number of nitrogens with zero attached hydrogens (tertiary/aromatic N) is 3. The molecule has 0 amide bonds. The number of ether oxygens (including phenoxy) is 1. The molecule has 2 aromatic rings. The van der Waals surface area contributed by atoms with E-state index in [0.717, 1.165) is 0 Å². The maximum atomic E-state index is 5.44. The molecule has 0 unspecified atom stereocenters. The minimum absolute atomic E-state index is 0.266. The Labute approximate surface area is 94.6 Å². The molecular formula is C9H8BrN3O2. The summed E-state index contributed by atoms with van der Waals surface area (Å²) < 4.78 is 10.9. The molecule has 2 aromatic heterocycles. The topological polar surface area (TPSA) is 61.0 Å². The summed E-state index contributed by atoms with van der Waals surface area (Å²) in [5, 5.41) is 3.71. The molecule has 2 rings (SSSR count). The molecule has 0 saturated carbocycles. The van der Waals surface area contributed by atoms with Crippen LogP contribution in [0.5, 0.6) is 5.75 Å². The van der Waals surface area contributed by atoms with Crippen LogP contribution in [0.2, 0.25) is 0 Å². The number of rotatable bonds is 3. The van der Waals surface area contributed by atoms with E-state index in [0.29, 0.717) is 22.1 Å². The van der Waals surface area contributed by atoms with Gasteiger partial charge in [0.15, 0.2) is 12.4 Å². The third-order valence-electron chi connectivity index (χ3n) is 1.65. The van der Waals surface area contributed by atoms with Crippen molar-refractivity contribution in [1.82, 2.24) is 15.1 Å². The molecule has 6 heteroatoms. The molecule has 0 radical (unpaired) electrons. The minimum atomic E-state index is 0.266. The fraction of sp³-hybridized carbons (Fsp3) is 0.222. The fourth-order valence-electron chi connectivity index (χ4n) is 1.02. The number of halogens is 1. The lowest BCUT2D eigenvalue weighted by atomic mass is 10.5. The van der Waals surface area contributed by atoms with E-state index in [1.165, 1.54) is 0 Å². The molecule has 0 aromatic carbocycles. The van der Waals surface area contributed by atoms with Crippen LogP contribution in [0.1, 0.15) is 11.7 Å². The lowest BCUT2D eigenvalue weighted by molar-refractivity contribution is 0.283. The lowest BCUT2D eigenvalue weighted by Gasteiger charge is -2.03. The smallest absolute Gasteiger partial charge is 0.223 e. The van der Waals surface area contributed by atoms with E-state index in [1.54, 1.807) is 19.2 Å². The van der Waals surface area contributed by atoms with Gasteiger partial charge < -0.3 is 9.26 Å². The van der Waals surface area contributed by atoms with Crippen LogP contribution in [0.15, 0.2) is 27.5 Å². The molecular weight excluding hydrogens is 262 g/mol. The van der Waals surface area contributed by atoms with Gasteiger partial charge in [-0.1, -0.05) is 5.16 Å². The number of hydrogen-bond acceptors (Lipinski definition) is 5. The first-order valence-electron chi connectivity index (χ1n) is 4.28. The first-order chi connectivity index (χ1) is 7.25. The van der Waals surface area contributed by atoms with Gasteiger partial charge in [0.25, 0.3) is 0 Å². The van der Waals surface area contributed by atoms with E-state index in [2.05, 4.69) is 31.1 Å². The molecule has 15 heavy (non-hydrogen) atoms. The van der Waals surface area contributed by atoms with Gasteiger partial charge in [0.05, 0.1) is 0 Å². The van der Waals surface area contributed by atoms with Crippen molar-refractivity contribution in [2.45, 2.75) is 13.5 Å². The van der Waals surface area contributed by atoms with Crippen molar-refractivity contribution in [3.8, 4) is 5.75 Å². The first kappa shape index (κ1) is 10.1. The largest absolute Gasteiger partial charge is 0.483 e. The normalized spacial score (nSPS) is 10.3. The molecule has 0 aliphatic heterocycles. The van der Waals surface area contributed by atoms with Crippen molar-refractivity contribution in [3.05, 3.63) is 34.6 Å². The zero-order valence-electron chi connectivity index (χ0n) is 7.98. The van der Waals surface area contributed by atoms with Gasteiger partial charge in [0.2, 0.25) is 11.7 Å². The highest BCUT2D eigenvalue weighted by Crippen LogP contribution is 2.21. The van der Waals surface area contributed by atoms with E-state index in [-0.39, 0.29) is 6.61 Å². The Morgan fingerprint density at radius 1 is 1.53 bits per heavy atom. The summed E-state index contributed by atoms with van der Waals surface area (Å²) in [6, 6.07) is 3.60. The molecule has 0 spiro atoms. The average Bonchev–Trinajstić information content (AvgIpc) is 2.63. The van der Waals surface area contributed by atoms with Crippen molar-refractivity contribution in [1.29, 1.82) is 0 Å². The zero-order chi connectivity index (χ0) is 10.7. The van der Waals surface area contributed by atoms with Crippen LogP contribution in [0.4, 0.5) is 0 Å². The van der Waals surface area contributed by atoms with E-state index in [9.17, 15) is 0 Å². The fourth-order valence-corrected chi connectivity index (χ4v) is 1.39. The van der Waals surface area contributed by atoms with Crippen molar-refractivity contribution < 1.29 is 9.26 Å². The Hall–Kier alpha value is -1.43. The Bertz CT molecular complexity index is 458. The molecule has 5 nitrogen and oxygen atoms in total. The summed E-state index contributed by atoms with van der Waals surface area (Å²) in [6.45, 7) is 2.00. The van der Waals surface area contributed by atoms with Crippen LogP contribution in [0, 0.1) is 6.92 Å². The van der Waals surface area contributed by atoms with Crippen LogP contribution in [-0.2, 0) is 6.61 Å². The van der Waals surface area contributed by atoms with Crippen molar-refractivity contribution in [2.24, 2.45) is 0 Å². The standard InChI is InChI=1S/C9H8BrN3O2/c1-6-12-8(13-15-6)5-14-7-3-2-4-11-9(7)10/h2-4H,5H2,1H3. The summed E-state index contributed by atoms with van der Waals surface area (Å²) in [4.78, 5) is 8.04. The highest BCUT2D eigenvalue weighted by molar-refractivity contribution is 9.10. The van der Waals surface area contributed by atoms with Crippen LogP contribution < -0.4 is 4.74 Å². The predicted octanol–water partition coefficient (Wildman–Crippen LogP) is 2.11. The van der Waals surface area contributed by atoms with Gasteiger partial charge in [-0.05, 0) is 28.1 Å². The Kier molecular flexibility index (Phi) is 2.96. The Morgan fingerprint density at radius 2 is 2.40 bits per heavy atom. The summed E-state index contributed by atoms with van der Waals surface area (Å²) in [7, 11) is 0. The van der Waals surface area contributed by atoms with Gasteiger partial charge in [-0.3, -0.25) is 0 Å². The third-order valence-corrected chi connectivity index (χ3v) is 2.25. The monoisotopic (exact) mass is 269 g/mol. The van der Waals surface area contributed by atoms with E-state index in [4.69, 9.17) is 9.26 Å². The van der Waals surface area contributed by atoms with Gasteiger partial charge >= 0.3 is 0 Å². The summed E-state index contributed by atoms with van der Waals surface area (Å²) in [5.74, 6) is 1.70. The van der Waals surface area contributed by atoms with Crippen molar-refractivity contribution in [3.63, 3.8) is 0 Å². The summed E-state index contributed by atoms with van der Waals surface area (Å²) in [6.07, 6.45) is 1.68. The molecule has 78 valence electrons. The highest BCUT2D eigenvalue weighted by Gasteiger charge is 2.05. The molecule has 0 bridgehead atoms. The maximum Gasteiger partial charge on any atom is 0.223 e. The second-order valence-corrected chi connectivity index (χ2v) is 3.56. The Morgan fingerprint density at radius 3 is 3.07 bits per heavy atom. The van der Waals surface area contributed by atoms with Gasteiger partial charge in [-0.15, -0.1) is 0 Å². The van der Waals surface area contributed by atoms with Gasteiger partial charge in [0, 0.05) is 13.1 Å². The Balaban J connectivity index is 2.02. The quantitative estimate of drug-likeness (QED) is 0.799. The van der Waals surface area contributed by atoms with Gasteiger partial charge in [-0.25, -0.2) is 4.98 Å². The third kappa shape index (κ3) is 2.53. The van der Waals surface area contributed by atoms with Crippen LogP contribution >= 0.6 is 15.9 Å². The summed E-state index contributed by atoms with van der Waals surface area (Å²) in [5.41, 5.74) is 0. The van der Waals surface area contributed by atoms with E-state index < -0.39 is 0 Å². The number of aromatic nitrogens is 3. The molecule has 0 aliphatic rings. The number of aryl methyl sites for hydroxylation is 1. The molecule has 0 atom stereocenters. The van der Waals surface area contributed by atoms with Crippen LogP contribution in [-0.4, -0.2) is 15.1 Å². The van der Waals surface area contributed by atoms with Crippen molar-refractivity contribution in [2.75, 3.05) is 0 Å². The summed E-state index contributed by atoms with van der Waals surface area (Å²) >= 11 is 3.27. The lowest BCUT2D eigenvalue weighted by Crippen LogP contribution is -1.98. The molecule has 0 saturated heterocycles. The SMILES string of the molecule is Cc1nc(COc2cccnc2Br)no1. The predicted molar refractivity (Wildman–Crippen MR) is 55.3 cm³/mol. The van der Waals surface area contributed by atoms with Crippen LogP contribution in [0.3, 0.4) is 0 Å². The molecule has 0 aliphatic carbocycles. The minimum Gasteiger partial charge on any atom is -0.483 e. The highest BCUT2D eigenvalue weighted by atomic mass is 79.9. The number of pyridine rings is 1. The second-order valence-electron chi connectivity index (χ2n) is 2.81. The van der Waals surface area contributed by atoms with E-state index >= 15 is 0 Å². The maximum absolute atomic E-state index is 5.44.